The van der Waals surface area contributed by atoms with Crippen molar-refractivity contribution in [3.8, 4) is 5.75 Å². The van der Waals surface area contributed by atoms with Crippen molar-refractivity contribution in [2.24, 2.45) is 4.99 Å². The highest BCUT2D eigenvalue weighted by atomic mass is 35.5. The van der Waals surface area contributed by atoms with Gasteiger partial charge in [0.2, 0.25) is 5.78 Å². The Bertz CT molecular complexity index is 908. The maximum atomic E-state index is 13.0. The summed E-state index contributed by atoms with van der Waals surface area (Å²) in [5, 5.41) is 11.1. The highest BCUT2D eigenvalue weighted by molar-refractivity contribution is 6.28. The number of ketones is 1. The lowest BCUT2D eigenvalue weighted by Gasteiger charge is -2.30. The van der Waals surface area contributed by atoms with Crippen LogP contribution in [-0.4, -0.2) is 28.9 Å². The minimum Gasteiger partial charge on any atom is -0.386 e. The molecule has 128 valence electrons. The number of halogens is 1. The van der Waals surface area contributed by atoms with Crippen LogP contribution in [0.15, 0.2) is 41.4 Å². The molecule has 0 aromatic heterocycles. The number of fused-ring (bicyclic) bond motifs is 2. The summed E-state index contributed by atoms with van der Waals surface area (Å²) in [6, 6.07) is 10.8. The van der Waals surface area contributed by atoms with E-state index in [1.54, 1.807) is 12.1 Å². The third kappa shape index (κ3) is 2.34. The molecule has 4 rings (SSSR count). The summed E-state index contributed by atoms with van der Waals surface area (Å²) in [5.41, 5.74) is 2.43. The summed E-state index contributed by atoms with van der Waals surface area (Å²) in [5.74, 6) is 0.629. The monoisotopic (exact) mass is 356 g/mol. The van der Waals surface area contributed by atoms with E-state index in [9.17, 15) is 9.90 Å². The van der Waals surface area contributed by atoms with Crippen molar-refractivity contribution in [1.29, 1.82) is 0 Å². The average molecular weight is 357 g/mol. The van der Waals surface area contributed by atoms with Gasteiger partial charge in [0.25, 0.3) is 0 Å². The van der Waals surface area contributed by atoms with Gasteiger partial charge in [-0.15, -0.1) is 0 Å². The van der Waals surface area contributed by atoms with Gasteiger partial charge < -0.3 is 14.3 Å². The SMILES string of the molecule is Cc1cc2c(cc1C)C(=O)[C@]1(O)CCN(c3ccc(OCl)cc3)C1=N2. The standard InChI is InChI=1S/C19H17ClN2O3/c1-11-9-15-16(10-12(11)2)21-18-19(24,17(15)23)7-8-22(18)13-3-5-14(25-20)6-4-13/h3-6,9-10,24H,7-8H2,1-2H3/t19-/m1/s1. The minimum atomic E-state index is -1.57. The minimum absolute atomic E-state index is 0.279. The molecule has 1 saturated heterocycles. The lowest BCUT2D eigenvalue weighted by atomic mass is 9.86. The predicted octanol–water partition coefficient (Wildman–Crippen LogP) is 3.70. The molecule has 1 fully saturated rings. The van der Waals surface area contributed by atoms with Gasteiger partial charge >= 0.3 is 0 Å². The van der Waals surface area contributed by atoms with Crippen LogP contribution in [-0.2, 0) is 0 Å². The second-order valence-corrected chi connectivity index (χ2v) is 6.71. The van der Waals surface area contributed by atoms with Crippen molar-refractivity contribution in [3.05, 3.63) is 53.1 Å². The maximum Gasteiger partial charge on any atom is 0.204 e. The average Bonchev–Trinajstić information content (AvgIpc) is 2.95. The van der Waals surface area contributed by atoms with E-state index in [0.29, 0.717) is 35.8 Å². The normalized spacial score (nSPS) is 21.7. The van der Waals surface area contributed by atoms with Gasteiger partial charge in [-0.3, -0.25) is 4.79 Å². The number of aliphatic imine (C=N–C) groups is 1. The number of nitrogens with zero attached hydrogens (tertiary/aromatic N) is 2. The number of Topliss-reactive ketones (excluding diaryl/α,β-unsaturated/α-hetero) is 1. The maximum absolute atomic E-state index is 13.0. The van der Waals surface area contributed by atoms with Crippen molar-refractivity contribution in [3.63, 3.8) is 0 Å². The first-order valence-electron chi connectivity index (χ1n) is 8.08. The van der Waals surface area contributed by atoms with Gasteiger partial charge in [-0.1, -0.05) is 0 Å². The zero-order valence-electron chi connectivity index (χ0n) is 13.9. The molecule has 2 aromatic carbocycles. The van der Waals surface area contributed by atoms with E-state index in [2.05, 4.69) is 9.28 Å². The highest BCUT2D eigenvalue weighted by Crippen LogP contribution is 2.40. The molecule has 0 bridgehead atoms. The van der Waals surface area contributed by atoms with E-state index in [-0.39, 0.29) is 5.78 Å². The lowest BCUT2D eigenvalue weighted by Crippen LogP contribution is -2.48. The van der Waals surface area contributed by atoms with Crippen LogP contribution in [0.2, 0.25) is 0 Å². The first kappa shape index (κ1) is 16.1. The Hall–Kier alpha value is -2.37. The summed E-state index contributed by atoms with van der Waals surface area (Å²) < 4.78 is 4.67. The summed E-state index contributed by atoms with van der Waals surface area (Å²) in [6.07, 6.45) is 0.310. The molecule has 1 N–H and O–H groups in total. The number of carbonyl (C=O) groups is 1. The van der Waals surface area contributed by atoms with Crippen molar-refractivity contribution >= 4 is 34.9 Å². The molecule has 5 nitrogen and oxygen atoms in total. The van der Waals surface area contributed by atoms with Gasteiger partial charge in [0.15, 0.2) is 5.60 Å². The Kier molecular flexibility index (Phi) is 3.60. The fourth-order valence-corrected chi connectivity index (χ4v) is 3.53. The summed E-state index contributed by atoms with van der Waals surface area (Å²) in [6.45, 7) is 4.44. The molecular formula is C19H17ClN2O3. The fraction of sp³-hybridized carbons (Fsp3) is 0.263. The molecule has 0 unspecified atom stereocenters. The third-order valence-electron chi connectivity index (χ3n) is 5.02. The molecule has 1 atom stereocenters. The Morgan fingerprint density at radius 2 is 1.88 bits per heavy atom. The molecule has 0 saturated carbocycles. The Balaban J connectivity index is 1.83. The van der Waals surface area contributed by atoms with E-state index in [1.165, 1.54) is 0 Å². The number of aliphatic hydroxyl groups is 1. The van der Waals surface area contributed by atoms with E-state index in [1.807, 2.05) is 43.0 Å². The van der Waals surface area contributed by atoms with E-state index in [0.717, 1.165) is 16.8 Å². The summed E-state index contributed by atoms with van der Waals surface area (Å²) >= 11 is 5.35. The third-order valence-corrected chi connectivity index (χ3v) is 5.20. The van der Waals surface area contributed by atoms with Crippen LogP contribution in [0.3, 0.4) is 0 Å². The van der Waals surface area contributed by atoms with Gasteiger partial charge in [-0.25, -0.2) is 4.99 Å². The first-order chi connectivity index (χ1) is 11.9. The lowest BCUT2D eigenvalue weighted by molar-refractivity contribution is 0.0602. The van der Waals surface area contributed by atoms with E-state index < -0.39 is 5.60 Å². The number of benzene rings is 2. The second-order valence-electron chi connectivity index (χ2n) is 6.55. The van der Waals surface area contributed by atoms with Gasteiger partial charge in [-0.2, -0.15) is 0 Å². The smallest absolute Gasteiger partial charge is 0.204 e. The second kappa shape index (κ2) is 5.58. The zero-order chi connectivity index (χ0) is 17.8. The number of aryl methyl sites for hydroxylation is 2. The quantitative estimate of drug-likeness (QED) is 0.891. The fourth-order valence-electron chi connectivity index (χ4n) is 3.42. The van der Waals surface area contributed by atoms with Crippen LogP contribution in [0.1, 0.15) is 27.9 Å². The predicted molar refractivity (Wildman–Crippen MR) is 97.2 cm³/mol. The number of anilines is 1. The van der Waals surface area contributed by atoms with Crippen LogP contribution in [0.25, 0.3) is 0 Å². The Labute approximate surface area is 150 Å². The van der Waals surface area contributed by atoms with Crippen LogP contribution < -0.4 is 9.19 Å². The largest absolute Gasteiger partial charge is 0.386 e. The van der Waals surface area contributed by atoms with E-state index in [4.69, 9.17) is 11.9 Å². The number of amidine groups is 1. The molecular weight excluding hydrogens is 340 g/mol. The van der Waals surface area contributed by atoms with Crippen molar-refractivity contribution in [1.82, 2.24) is 0 Å². The highest BCUT2D eigenvalue weighted by Gasteiger charge is 2.52. The number of hydrogen-bond acceptors (Lipinski definition) is 5. The summed E-state index contributed by atoms with van der Waals surface area (Å²) in [4.78, 5) is 19.5. The number of rotatable bonds is 2. The molecule has 0 aliphatic carbocycles. The van der Waals surface area contributed by atoms with Gasteiger partial charge in [0.05, 0.1) is 5.69 Å². The van der Waals surface area contributed by atoms with Gasteiger partial charge in [0.1, 0.15) is 23.5 Å². The van der Waals surface area contributed by atoms with Crippen molar-refractivity contribution in [2.45, 2.75) is 25.9 Å². The molecule has 0 spiro atoms. The van der Waals surface area contributed by atoms with E-state index >= 15 is 0 Å². The molecule has 2 aliphatic rings. The van der Waals surface area contributed by atoms with Gasteiger partial charge in [-0.05, 0) is 61.4 Å². The Morgan fingerprint density at radius 3 is 2.56 bits per heavy atom. The topological polar surface area (TPSA) is 62.1 Å². The molecule has 2 aromatic rings. The number of carbonyl (C=O) groups excluding carboxylic acids is 1. The van der Waals surface area contributed by atoms with Crippen LogP contribution >= 0.6 is 11.9 Å². The van der Waals surface area contributed by atoms with Crippen LogP contribution in [0.4, 0.5) is 11.4 Å². The molecule has 6 heteroatoms. The number of hydrogen-bond donors (Lipinski definition) is 1. The van der Waals surface area contributed by atoms with Crippen molar-refractivity contribution in [2.75, 3.05) is 11.4 Å². The van der Waals surface area contributed by atoms with Gasteiger partial charge in [0, 0.05) is 24.2 Å². The molecule has 2 heterocycles. The van der Waals surface area contributed by atoms with Crippen LogP contribution in [0.5, 0.6) is 5.75 Å². The molecule has 0 amide bonds. The summed E-state index contributed by atoms with van der Waals surface area (Å²) in [7, 11) is 0. The zero-order valence-corrected chi connectivity index (χ0v) is 14.7. The van der Waals surface area contributed by atoms with Crippen LogP contribution in [0, 0.1) is 13.8 Å². The van der Waals surface area contributed by atoms with Crippen molar-refractivity contribution < 1.29 is 14.2 Å². The molecule has 2 aliphatic heterocycles. The molecule has 25 heavy (non-hydrogen) atoms. The first-order valence-corrected chi connectivity index (χ1v) is 8.39. The Morgan fingerprint density at radius 1 is 1.20 bits per heavy atom. The molecule has 0 radical (unpaired) electrons.